The summed E-state index contributed by atoms with van der Waals surface area (Å²) >= 11 is 0. The molecule has 1 atom stereocenters. The molecule has 1 aromatic carbocycles. The number of aromatic nitrogens is 2. The van der Waals surface area contributed by atoms with Crippen LogP contribution in [0.3, 0.4) is 0 Å². The Morgan fingerprint density at radius 3 is 3.12 bits per heavy atom. The first kappa shape index (κ1) is 10.6. The van der Waals surface area contributed by atoms with Crippen molar-refractivity contribution in [3.63, 3.8) is 0 Å². The zero-order valence-corrected chi connectivity index (χ0v) is 8.90. The van der Waals surface area contributed by atoms with Gasteiger partial charge in [-0.25, -0.2) is 4.98 Å². The van der Waals surface area contributed by atoms with Crippen LogP contribution in [0.15, 0.2) is 24.5 Å². The number of hydrogen-bond acceptors (Lipinski definition) is 3. The SMILES string of the molecule is CC(=O)NC(CO)c1ccc2nc[nH]c2c1. The molecule has 0 aliphatic rings. The molecule has 0 spiro atoms. The second-order valence-electron chi connectivity index (χ2n) is 3.61. The summed E-state index contributed by atoms with van der Waals surface area (Å²) in [6.07, 6.45) is 1.61. The predicted molar refractivity (Wildman–Crippen MR) is 59.7 cm³/mol. The van der Waals surface area contributed by atoms with Crippen molar-refractivity contribution in [3.05, 3.63) is 30.1 Å². The lowest BCUT2D eigenvalue weighted by atomic mass is 10.1. The van der Waals surface area contributed by atoms with Gasteiger partial charge in [0.05, 0.1) is 30.0 Å². The fourth-order valence-corrected chi connectivity index (χ4v) is 1.65. The van der Waals surface area contributed by atoms with E-state index in [9.17, 15) is 9.90 Å². The van der Waals surface area contributed by atoms with Crippen LogP contribution in [0.4, 0.5) is 0 Å². The lowest BCUT2D eigenvalue weighted by Gasteiger charge is -2.15. The molecule has 0 radical (unpaired) electrons. The molecule has 1 amide bonds. The van der Waals surface area contributed by atoms with Gasteiger partial charge in [0.1, 0.15) is 0 Å². The van der Waals surface area contributed by atoms with Gasteiger partial charge in [-0.1, -0.05) is 6.07 Å². The number of benzene rings is 1. The highest BCUT2D eigenvalue weighted by Gasteiger charge is 2.12. The summed E-state index contributed by atoms with van der Waals surface area (Å²) in [5, 5.41) is 11.9. The molecule has 0 aliphatic heterocycles. The van der Waals surface area contributed by atoms with Crippen LogP contribution in [0, 0.1) is 0 Å². The molecule has 0 bridgehead atoms. The van der Waals surface area contributed by atoms with Gasteiger partial charge in [-0.3, -0.25) is 4.79 Å². The van der Waals surface area contributed by atoms with Gasteiger partial charge in [-0.15, -0.1) is 0 Å². The normalized spacial score (nSPS) is 12.6. The quantitative estimate of drug-likeness (QED) is 0.712. The summed E-state index contributed by atoms with van der Waals surface area (Å²) in [5.41, 5.74) is 2.61. The van der Waals surface area contributed by atoms with Gasteiger partial charge in [-0.05, 0) is 17.7 Å². The van der Waals surface area contributed by atoms with Crippen LogP contribution in [0.2, 0.25) is 0 Å². The average molecular weight is 219 g/mol. The Kier molecular flexibility index (Phi) is 2.87. The number of aliphatic hydroxyl groups excluding tert-OH is 1. The van der Waals surface area contributed by atoms with Crippen LogP contribution in [-0.4, -0.2) is 27.6 Å². The number of hydrogen-bond donors (Lipinski definition) is 3. The van der Waals surface area contributed by atoms with E-state index in [-0.39, 0.29) is 18.6 Å². The molecule has 1 heterocycles. The first-order valence-corrected chi connectivity index (χ1v) is 5.01. The van der Waals surface area contributed by atoms with Crippen LogP contribution in [0.5, 0.6) is 0 Å². The van der Waals surface area contributed by atoms with E-state index in [4.69, 9.17) is 0 Å². The van der Waals surface area contributed by atoms with E-state index < -0.39 is 0 Å². The van der Waals surface area contributed by atoms with Crippen molar-refractivity contribution in [3.8, 4) is 0 Å². The zero-order chi connectivity index (χ0) is 11.5. The molecule has 5 nitrogen and oxygen atoms in total. The minimum Gasteiger partial charge on any atom is -0.394 e. The average Bonchev–Trinajstić information content (AvgIpc) is 2.72. The highest BCUT2D eigenvalue weighted by molar-refractivity contribution is 5.76. The van der Waals surface area contributed by atoms with Crippen molar-refractivity contribution < 1.29 is 9.90 Å². The van der Waals surface area contributed by atoms with Crippen molar-refractivity contribution in [2.45, 2.75) is 13.0 Å². The van der Waals surface area contributed by atoms with Crippen molar-refractivity contribution in [2.75, 3.05) is 6.61 Å². The van der Waals surface area contributed by atoms with E-state index in [1.807, 2.05) is 18.2 Å². The van der Waals surface area contributed by atoms with Gasteiger partial charge >= 0.3 is 0 Å². The first-order valence-electron chi connectivity index (χ1n) is 5.01. The number of carbonyl (C=O) groups excluding carboxylic acids is 1. The van der Waals surface area contributed by atoms with Gasteiger partial charge in [0.2, 0.25) is 5.91 Å². The standard InChI is InChI=1S/C11H13N3O2/c1-7(16)14-11(5-15)8-2-3-9-10(4-8)13-6-12-9/h2-4,6,11,15H,5H2,1H3,(H,12,13)(H,14,16). The fourth-order valence-electron chi connectivity index (χ4n) is 1.65. The minimum absolute atomic E-state index is 0.126. The largest absolute Gasteiger partial charge is 0.394 e. The molecule has 16 heavy (non-hydrogen) atoms. The number of rotatable bonds is 3. The van der Waals surface area contributed by atoms with E-state index in [1.165, 1.54) is 6.92 Å². The number of fused-ring (bicyclic) bond motifs is 1. The molecule has 84 valence electrons. The highest BCUT2D eigenvalue weighted by atomic mass is 16.3. The number of aliphatic hydroxyl groups is 1. The Balaban J connectivity index is 2.32. The summed E-state index contributed by atoms with van der Waals surface area (Å²) < 4.78 is 0. The van der Waals surface area contributed by atoms with Crippen molar-refractivity contribution in [1.29, 1.82) is 0 Å². The lowest BCUT2D eigenvalue weighted by Crippen LogP contribution is -2.28. The maximum absolute atomic E-state index is 11.0. The summed E-state index contributed by atoms with van der Waals surface area (Å²) in [7, 11) is 0. The third kappa shape index (κ3) is 2.04. The first-order chi connectivity index (χ1) is 7.70. The molecule has 1 aromatic heterocycles. The van der Waals surface area contributed by atoms with E-state index in [2.05, 4.69) is 15.3 Å². The van der Waals surface area contributed by atoms with Crippen LogP contribution >= 0.6 is 0 Å². The molecule has 5 heteroatoms. The molecule has 0 saturated heterocycles. The van der Waals surface area contributed by atoms with Crippen LogP contribution in [0.1, 0.15) is 18.5 Å². The van der Waals surface area contributed by atoms with Gasteiger partial charge < -0.3 is 15.4 Å². The topological polar surface area (TPSA) is 78.0 Å². The molecule has 3 N–H and O–H groups in total. The lowest BCUT2D eigenvalue weighted by molar-refractivity contribution is -0.120. The number of amides is 1. The summed E-state index contributed by atoms with van der Waals surface area (Å²) in [6, 6.07) is 5.20. The predicted octanol–water partition coefficient (Wildman–Crippen LogP) is 0.732. The van der Waals surface area contributed by atoms with E-state index in [0.29, 0.717) is 0 Å². The molecule has 2 aromatic rings. The van der Waals surface area contributed by atoms with Crippen LogP contribution in [0.25, 0.3) is 11.0 Å². The number of carbonyl (C=O) groups is 1. The number of aromatic amines is 1. The van der Waals surface area contributed by atoms with Gasteiger partial charge in [0.25, 0.3) is 0 Å². The maximum Gasteiger partial charge on any atom is 0.217 e. The fraction of sp³-hybridized carbons (Fsp3) is 0.273. The summed E-state index contributed by atoms with van der Waals surface area (Å²) in [5.74, 6) is -0.163. The second-order valence-corrected chi connectivity index (χ2v) is 3.61. The third-order valence-electron chi connectivity index (χ3n) is 2.41. The van der Waals surface area contributed by atoms with Gasteiger partial charge in [0, 0.05) is 6.92 Å². The van der Waals surface area contributed by atoms with Crippen LogP contribution < -0.4 is 5.32 Å². The van der Waals surface area contributed by atoms with E-state index >= 15 is 0 Å². The molecule has 1 unspecified atom stereocenters. The molecule has 0 saturated carbocycles. The van der Waals surface area contributed by atoms with Gasteiger partial charge in [-0.2, -0.15) is 0 Å². The second kappa shape index (κ2) is 4.32. The van der Waals surface area contributed by atoms with E-state index in [1.54, 1.807) is 6.33 Å². The number of nitrogens with one attached hydrogen (secondary N) is 2. The molecule has 2 rings (SSSR count). The third-order valence-corrected chi connectivity index (χ3v) is 2.41. The van der Waals surface area contributed by atoms with E-state index in [0.717, 1.165) is 16.6 Å². The smallest absolute Gasteiger partial charge is 0.217 e. The Labute approximate surface area is 92.5 Å². The number of nitrogens with zero attached hydrogens (tertiary/aromatic N) is 1. The van der Waals surface area contributed by atoms with Crippen molar-refractivity contribution >= 4 is 16.9 Å². The highest BCUT2D eigenvalue weighted by Crippen LogP contribution is 2.17. The Morgan fingerprint density at radius 1 is 1.62 bits per heavy atom. The Bertz CT molecular complexity index is 507. The Morgan fingerprint density at radius 2 is 2.44 bits per heavy atom. The number of H-pyrrole nitrogens is 1. The maximum atomic E-state index is 11.0. The zero-order valence-electron chi connectivity index (χ0n) is 8.90. The van der Waals surface area contributed by atoms with Crippen molar-refractivity contribution in [2.24, 2.45) is 0 Å². The number of imidazole rings is 1. The Hall–Kier alpha value is -1.88. The van der Waals surface area contributed by atoms with Gasteiger partial charge in [0.15, 0.2) is 0 Å². The molecular weight excluding hydrogens is 206 g/mol. The summed E-state index contributed by atoms with van der Waals surface area (Å²) in [6.45, 7) is 1.30. The molecule has 0 fully saturated rings. The monoisotopic (exact) mass is 219 g/mol. The minimum atomic E-state index is -0.370. The molecule has 0 aliphatic carbocycles. The van der Waals surface area contributed by atoms with Crippen LogP contribution in [-0.2, 0) is 4.79 Å². The molecular formula is C11H13N3O2. The summed E-state index contributed by atoms with van der Waals surface area (Å²) in [4.78, 5) is 18.0. The van der Waals surface area contributed by atoms with Crippen molar-refractivity contribution in [1.82, 2.24) is 15.3 Å².